The van der Waals surface area contributed by atoms with Crippen molar-refractivity contribution in [2.24, 2.45) is 5.16 Å². The largest absolute Gasteiger partial charge is 0.487 e. The van der Waals surface area contributed by atoms with Gasteiger partial charge in [-0.25, -0.2) is 0 Å². The summed E-state index contributed by atoms with van der Waals surface area (Å²) in [5, 5.41) is 12.4. The van der Waals surface area contributed by atoms with Gasteiger partial charge in [0.25, 0.3) is 0 Å². The summed E-state index contributed by atoms with van der Waals surface area (Å²) in [6.45, 7) is 5.98. The van der Waals surface area contributed by atoms with E-state index >= 15 is 0 Å². The van der Waals surface area contributed by atoms with Gasteiger partial charge < -0.3 is 9.94 Å². The summed E-state index contributed by atoms with van der Waals surface area (Å²) in [6, 6.07) is 5.91. The highest BCUT2D eigenvalue weighted by Gasteiger charge is 2.31. The van der Waals surface area contributed by atoms with Gasteiger partial charge in [-0.2, -0.15) is 0 Å². The zero-order valence-corrected chi connectivity index (χ0v) is 9.24. The number of oxime groups is 1. The normalized spacial score (nSPS) is 20.9. The summed E-state index contributed by atoms with van der Waals surface area (Å²) < 4.78 is 5.81. The van der Waals surface area contributed by atoms with Gasteiger partial charge >= 0.3 is 0 Å². The molecular formula is C12H15NO2. The van der Waals surface area contributed by atoms with E-state index in [1.165, 1.54) is 0 Å². The molecule has 3 heteroatoms. The fourth-order valence-corrected chi connectivity index (χ4v) is 1.88. The Balaban J connectivity index is 2.55. The van der Waals surface area contributed by atoms with Gasteiger partial charge in [-0.05, 0) is 32.9 Å². The SMILES string of the molecule is Cc1ccc2c(c1)C(=NO)CC(C)(C)O2. The molecule has 0 atom stereocenters. The van der Waals surface area contributed by atoms with Gasteiger partial charge in [0.1, 0.15) is 11.4 Å². The predicted molar refractivity (Wildman–Crippen MR) is 58.8 cm³/mol. The molecule has 0 fully saturated rings. The van der Waals surface area contributed by atoms with Crippen LogP contribution in [0.2, 0.25) is 0 Å². The summed E-state index contributed by atoms with van der Waals surface area (Å²) in [6.07, 6.45) is 0.625. The van der Waals surface area contributed by atoms with Crippen LogP contribution in [-0.2, 0) is 0 Å². The Hall–Kier alpha value is -1.51. The molecule has 1 heterocycles. The zero-order valence-electron chi connectivity index (χ0n) is 9.24. The first-order chi connectivity index (χ1) is 7.02. The van der Waals surface area contributed by atoms with E-state index in [2.05, 4.69) is 5.16 Å². The van der Waals surface area contributed by atoms with Gasteiger partial charge in [0.2, 0.25) is 0 Å². The van der Waals surface area contributed by atoms with Crippen LogP contribution in [0.5, 0.6) is 5.75 Å². The summed E-state index contributed by atoms with van der Waals surface area (Å²) in [4.78, 5) is 0. The number of hydrogen-bond donors (Lipinski definition) is 1. The van der Waals surface area contributed by atoms with Gasteiger partial charge in [0.15, 0.2) is 0 Å². The summed E-state index contributed by atoms with van der Waals surface area (Å²) in [5.74, 6) is 0.796. The highest BCUT2D eigenvalue weighted by atomic mass is 16.5. The third-order valence-corrected chi connectivity index (χ3v) is 2.55. The second kappa shape index (κ2) is 3.26. The maximum Gasteiger partial charge on any atom is 0.129 e. The number of aryl methyl sites for hydroxylation is 1. The molecule has 0 bridgehead atoms. The van der Waals surface area contributed by atoms with Crippen LogP contribution >= 0.6 is 0 Å². The van der Waals surface area contributed by atoms with Crippen molar-refractivity contribution in [1.82, 2.24) is 0 Å². The lowest BCUT2D eigenvalue weighted by atomic mass is 9.92. The van der Waals surface area contributed by atoms with Gasteiger partial charge in [0, 0.05) is 12.0 Å². The van der Waals surface area contributed by atoms with Gasteiger partial charge in [-0.15, -0.1) is 0 Å². The molecule has 0 aliphatic carbocycles. The van der Waals surface area contributed by atoms with Crippen molar-refractivity contribution < 1.29 is 9.94 Å². The van der Waals surface area contributed by atoms with E-state index in [1.54, 1.807) is 0 Å². The first kappa shape index (κ1) is 10.0. The molecule has 15 heavy (non-hydrogen) atoms. The molecule has 0 amide bonds. The Kier molecular flexibility index (Phi) is 2.18. The van der Waals surface area contributed by atoms with Crippen LogP contribution in [0.1, 0.15) is 31.4 Å². The maximum absolute atomic E-state index is 8.99. The van der Waals surface area contributed by atoms with Crippen LogP contribution in [0.25, 0.3) is 0 Å². The molecule has 0 saturated carbocycles. The lowest BCUT2D eigenvalue weighted by Crippen LogP contribution is -2.36. The van der Waals surface area contributed by atoms with Crippen LogP contribution in [0.3, 0.4) is 0 Å². The van der Waals surface area contributed by atoms with Gasteiger partial charge in [-0.1, -0.05) is 16.8 Å². The third kappa shape index (κ3) is 1.82. The minimum atomic E-state index is -0.302. The summed E-state index contributed by atoms with van der Waals surface area (Å²) >= 11 is 0. The molecule has 1 aromatic carbocycles. The van der Waals surface area contributed by atoms with Crippen molar-refractivity contribution in [3.63, 3.8) is 0 Å². The molecule has 1 aliphatic heterocycles. The molecule has 0 aromatic heterocycles. The van der Waals surface area contributed by atoms with E-state index in [4.69, 9.17) is 9.94 Å². The molecule has 1 aromatic rings. The van der Waals surface area contributed by atoms with Crippen molar-refractivity contribution in [3.05, 3.63) is 29.3 Å². The number of rotatable bonds is 0. The second-order valence-electron chi connectivity index (χ2n) is 4.58. The van der Waals surface area contributed by atoms with Gasteiger partial charge in [0.05, 0.1) is 5.71 Å². The van der Waals surface area contributed by atoms with Crippen LogP contribution in [0, 0.1) is 6.92 Å². The highest BCUT2D eigenvalue weighted by Crippen LogP contribution is 2.33. The Morgan fingerprint density at radius 3 is 2.80 bits per heavy atom. The fourth-order valence-electron chi connectivity index (χ4n) is 1.88. The molecule has 0 saturated heterocycles. The lowest BCUT2D eigenvalue weighted by molar-refractivity contribution is 0.109. The van der Waals surface area contributed by atoms with Gasteiger partial charge in [-0.3, -0.25) is 0 Å². The molecule has 1 aliphatic rings. The number of nitrogens with zero attached hydrogens (tertiary/aromatic N) is 1. The van der Waals surface area contributed by atoms with Crippen molar-refractivity contribution >= 4 is 5.71 Å². The molecule has 3 nitrogen and oxygen atoms in total. The van der Waals surface area contributed by atoms with E-state index in [9.17, 15) is 0 Å². The lowest BCUT2D eigenvalue weighted by Gasteiger charge is -2.32. The fraction of sp³-hybridized carbons (Fsp3) is 0.417. The monoisotopic (exact) mass is 205 g/mol. The average molecular weight is 205 g/mol. The van der Waals surface area contributed by atoms with E-state index < -0.39 is 0 Å². The minimum absolute atomic E-state index is 0.302. The van der Waals surface area contributed by atoms with Crippen molar-refractivity contribution in [1.29, 1.82) is 0 Å². The van der Waals surface area contributed by atoms with E-state index in [1.807, 2.05) is 39.0 Å². The van der Waals surface area contributed by atoms with E-state index in [-0.39, 0.29) is 5.60 Å². The van der Waals surface area contributed by atoms with Crippen LogP contribution < -0.4 is 4.74 Å². The van der Waals surface area contributed by atoms with Crippen molar-refractivity contribution in [2.75, 3.05) is 0 Å². The average Bonchev–Trinajstić information content (AvgIpc) is 2.16. The number of hydrogen-bond acceptors (Lipinski definition) is 3. The minimum Gasteiger partial charge on any atom is -0.487 e. The van der Waals surface area contributed by atoms with Crippen LogP contribution in [-0.4, -0.2) is 16.5 Å². The molecular weight excluding hydrogens is 190 g/mol. The van der Waals surface area contributed by atoms with E-state index in [0.717, 1.165) is 16.9 Å². The zero-order chi connectivity index (χ0) is 11.1. The third-order valence-electron chi connectivity index (χ3n) is 2.55. The molecule has 1 N–H and O–H groups in total. The number of ether oxygens (including phenoxy) is 1. The maximum atomic E-state index is 8.99. The quantitative estimate of drug-likeness (QED) is 0.522. The summed E-state index contributed by atoms with van der Waals surface area (Å²) in [7, 11) is 0. The van der Waals surface area contributed by atoms with Crippen LogP contribution in [0.15, 0.2) is 23.4 Å². The summed E-state index contributed by atoms with van der Waals surface area (Å²) in [5.41, 5.74) is 2.43. The Labute approximate surface area is 89.4 Å². The van der Waals surface area contributed by atoms with E-state index in [0.29, 0.717) is 12.1 Å². The highest BCUT2D eigenvalue weighted by molar-refractivity contribution is 6.04. The first-order valence-corrected chi connectivity index (χ1v) is 5.03. The van der Waals surface area contributed by atoms with Crippen LogP contribution in [0.4, 0.5) is 0 Å². The number of fused-ring (bicyclic) bond motifs is 1. The molecule has 80 valence electrons. The number of benzene rings is 1. The topological polar surface area (TPSA) is 41.8 Å². The Bertz CT molecular complexity index is 422. The predicted octanol–water partition coefficient (Wildman–Crippen LogP) is 2.73. The second-order valence-corrected chi connectivity index (χ2v) is 4.58. The van der Waals surface area contributed by atoms with Crippen molar-refractivity contribution in [3.8, 4) is 5.75 Å². The van der Waals surface area contributed by atoms with Crippen molar-refractivity contribution in [2.45, 2.75) is 32.8 Å². The molecule has 0 unspecified atom stereocenters. The molecule has 0 radical (unpaired) electrons. The molecule has 0 spiro atoms. The Morgan fingerprint density at radius 2 is 2.13 bits per heavy atom. The smallest absolute Gasteiger partial charge is 0.129 e. The standard InChI is InChI=1S/C12H15NO2/c1-8-4-5-11-9(6-8)10(13-14)7-12(2,3)15-11/h4-6,14H,7H2,1-3H3. The Morgan fingerprint density at radius 1 is 1.40 bits per heavy atom. The first-order valence-electron chi connectivity index (χ1n) is 5.03. The molecule has 2 rings (SSSR count).